The van der Waals surface area contributed by atoms with Gasteiger partial charge in [-0.25, -0.2) is 4.79 Å². The molecule has 1 atom stereocenters. The molecule has 2 rings (SSSR count). The van der Waals surface area contributed by atoms with Crippen molar-refractivity contribution in [1.82, 2.24) is 0 Å². The van der Waals surface area contributed by atoms with E-state index in [1.54, 1.807) is 13.8 Å². The van der Waals surface area contributed by atoms with Crippen LogP contribution in [-0.2, 0) is 14.3 Å². The molecule has 0 aromatic heterocycles. The van der Waals surface area contributed by atoms with E-state index in [1.165, 1.54) is 0 Å². The lowest BCUT2D eigenvalue weighted by Crippen LogP contribution is -2.09. The lowest BCUT2D eigenvalue weighted by molar-refractivity contribution is -0.138. The summed E-state index contributed by atoms with van der Waals surface area (Å²) >= 11 is 0. The molecule has 1 aromatic carbocycles. The highest BCUT2D eigenvalue weighted by Crippen LogP contribution is 2.39. The Morgan fingerprint density at radius 1 is 1.39 bits per heavy atom. The van der Waals surface area contributed by atoms with Crippen LogP contribution in [0.4, 0.5) is 0 Å². The molecule has 0 bridgehead atoms. The molecule has 0 spiro atoms. The number of esters is 1. The van der Waals surface area contributed by atoms with Crippen LogP contribution in [0.2, 0.25) is 0 Å². The highest BCUT2D eigenvalue weighted by atomic mass is 16.5. The minimum atomic E-state index is -0.363. The van der Waals surface area contributed by atoms with Crippen molar-refractivity contribution >= 4 is 5.97 Å². The zero-order valence-electron chi connectivity index (χ0n) is 10.6. The van der Waals surface area contributed by atoms with Gasteiger partial charge in [-0.15, -0.1) is 0 Å². The molecular formula is C15H16O3. The van der Waals surface area contributed by atoms with Crippen LogP contribution in [-0.4, -0.2) is 12.6 Å². The first-order chi connectivity index (χ1) is 8.65. The van der Waals surface area contributed by atoms with Crippen molar-refractivity contribution in [2.24, 2.45) is 0 Å². The fourth-order valence-electron chi connectivity index (χ4n) is 2.04. The Kier molecular flexibility index (Phi) is 3.51. The van der Waals surface area contributed by atoms with Gasteiger partial charge >= 0.3 is 5.97 Å². The van der Waals surface area contributed by atoms with Crippen LogP contribution in [0, 0.1) is 0 Å². The summed E-state index contributed by atoms with van der Waals surface area (Å²) in [6.45, 7) is 7.85. The number of ether oxygens (including phenoxy) is 2. The zero-order valence-corrected chi connectivity index (χ0v) is 10.6. The molecule has 0 saturated carbocycles. The van der Waals surface area contributed by atoms with Crippen LogP contribution in [0.1, 0.15) is 25.5 Å². The average Bonchev–Trinajstić information content (AvgIpc) is 2.66. The standard InChI is InChI=1S/C15H16O3/c1-4-17-15(16)13-10(2)14(18-11(13)3)12-8-6-5-7-9-12/h5-9,14H,2,4H2,1,3H3. The topological polar surface area (TPSA) is 35.5 Å². The van der Waals surface area contributed by atoms with E-state index < -0.39 is 0 Å². The van der Waals surface area contributed by atoms with Gasteiger partial charge in [-0.1, -0.05) is 36.9 Å². The molecule has 0 aliphatic carbocycles. The van der Waals surface area contributed by atoms with Gasteiger partial charge in [0.1, 0.15) is 17.4 Å². The molecule has 0 saturated heterocycles. The summed E-state index contributed by atoms with van der Waals surface area (Å²) < 4.78 is 10.7. The van der Waals surface area contributed by atoms with Gasteiger partial charge in [0.05, 0.1) is 6.61 Å². The first-order valence-electron chi connectivity index (χ1n) is 5.94. The Balaban J connectivity index is 2.24. The van der Waals surface area contributed by atoms with Crippen molar-refractivity contribution in [3.63, 3.8) is 0 Å². The monoisotopic (exact) mass is 244 g/mol. The van der Waals surface area contributed by atoms with Crippen molar-refractivity contribution in [2.45, 2.75) is 20.0 Å². The number of benzene rings is 1. The van der Waals surface area contributed by atoms with E-state index in [0.717, 1.165) is 5.56 Å². The Bertz CT molecular complexity index is 500. The molecule has 94 valence electrons. The quantitative estimate of drug-likeness (QED) is 0.766. The van der Waals surface area contributed by atoms with Gasteiger partial charge in [-0.3, -0.25) is 0 Å². The maximum atomic E-state index is 11.8. The van der Waals surface area contributed by atoms with Gasteiger partial charge in [0.15, 0.2) is 0 Å². The van der Waals surface area contributed by atoms with Crippen molar-refractivity contribution in [2.75, 3.05) is 6.61 Å². The van der Waals surface area contributed by atoms with E-state index in [4.69, 9.17) is 9.47 Å². The number of carbonyl (C=O) groups is 1. The third-order valence-electron chi connectivity index (χ3n) is 2.87. The summed E-state index contributed by atoms with van der Waals surface area (Å²) in [7, 11) is 0. The summed E-state index contributed by atoms with van der Waals surface area (Å²) in [4.78, 5) is 11.8. The molecule has 0 radical (unpaired) electrons. The molecule has 0 fully saturated rings. The molecule has 18 heavy (non-hydrogen) atoms. The lowest BCUT2D eigenvalue weighted by atomic mass is 9.98. The van der Waals surface area contributed by atoms with Gasteiger partial charge in [-0.05, 0) is 19.4 Å². The maximum Gasteiger partial charge on any atom is 0.341 e. The molecule has 1 aliphatic rings. The Hall–Kier alpha value is -2.03. The second-order valence-corrected chi connectivity index (χ2v) is 4.09. The molecule has 1 unspecified atom stereocenters. The Morgan fingerprint density at radius 2 is 2.06 bits per heavy atom. The third kappa shape index (κ3) is 2.16. The summed E-state index contributed by atoms with van der Waals surface area (Å²) in [6, 6.07) is 9.72. The van der Waals surface area contributed by atoms with Crippen molar-refractivity contribution < 1.29 is 14.3 Å². The molecule has 0 amide bonds. The van der Waals surface area contributed by atoms with Gasteiger partial charge < -0.3 is 9.47 Å². The average molecular weight is 244 g/mol. The molecular weight excluding hydrogens is 228 g/mol. The zero-order chi connectivity index (χ0) is 13.1. The number of hydrogen-bond donors (Lipinski definition) is 0. The van der Waals surface area contributed by atoms with Crippen LogP contribution in [0.25, 0.3) is 0 Å². The number of carbonyl (C=O) groups excluding carboxylic acids is 1. The summed E-state index contributed by atoms with van der Waals surface area (Å²) in [6.07, 6.45) is -0.286. The Labute approximate surface area is 107 Å². The maximum absolute atomic E-state index is 11.8. The van der Waals surface area contributed by atoms with E-state index in [0.29, 0.717) is 23.5 Å². The van der Waals surface area contributed by atoms with Gasteiger partial charge in [0.25, 0.3) is 0 Å². The Morgan fingerprint density at radius 3 is 2.67 bits per heavy atom. The van der Waals surface area contributed by atoms with E-state index in [2.05, 4.69) is 6.58 Å². The van der Waals surface area contributed by atoms with Crippen LogP contribution < -0.4 is 0 Å². The van der Waals surface area contributed by atoms with Crippen LogP contribution in [0.3, 0.4) is 0 Å². The fourth-order valence-corrected chi connectivity index (χ4v) is 2.04. The van der Waals surface area contributed by atoms with Crippen molar-refractivity contribution in [1.29, 1.82) is 0 Å². The van der Waals surface area contributed by atoms with Gasteiger partial charge in [-0.2, -0.15) is 0 Å². The third-order valence-corrected chi connectivity index (χ3v) is 2.87. The molecule has 3 heteroatoms. The predicted octanol–water partition coefficient (Wildman–Crippen LogP) is 3.15. The number of rotatable bonds is 3. The highest BCUT2D eigenvalue weighted by Gasteiger charge is 2.33. The largest absolute Gasteiger partial charge is 0.485 e. The first-order valence-corrected chi connectivity index (χ1v) is 5.94. The molecule has 1 heterocycles. The van der Waals surface area contributed by atoms with E-state index in [-0.39, 0.29) is 12.1 Å². The molecule has 1 aliphatic heterocycles. The second kappa shape index (κ2) is 5.08. The second-order valence-electron chi connectivity index (χ2n) is 4.09. The van der Waals surface area contributed by atoms with Crippen molar-refractivity contribution in [3.8, 4) is 0 Å². The van der Waals surface area contributed by atoms with E-state index >= 15 is 0 Å². The van der Waals surface area contributed by atoms with Gasteiger partial charge in [0.2, 0.25) is 0 Å². The van der Waals surface area contributed by atoms with E-state index in [1.807, 2.05) is 30.3 Å². The summed E-state index contributed by atoms with van der Waals surface area (Å²) in [5.74, 6) is 0.214. The van der Waals surface area contributed by atoms with Crippen molar-refractivity contribution in [3.05, 3.63) is 59.4 Å². The number of hydrogen-bond acceptors (Lipinski definition) is 3. The van der Waals surface area contributed by atoms with Crippen LogP contribution >= 0.6 is 0 Å². The lowest BCUT2D eigenvalue weighted by Gasteiger charge is -2.13. The number of allylic oxidation sites excluding steroid dienone is 1. The van der Waals surface area contributed by atoms with Crippen LogP contribution in [0.15, 0.2) is 53.8 Å². The molecule has 0 N–H and O–H groups in total. The minimum Gasteiger partial charge on any atom is -0.485 e. The SMILES string of the molecule is C=C1C(C(=O)OCC)=C(C)OC1c1ccccc1. The minimum absolute atomic E-state index is 0.286. The molecule has 1 aromatic rings. The molecule has 3 nitrogen and oxygen atoms in total. The summed E-state index contributed by atoms with van der Waals surface area (Å²) in [5, 5.41) is 0. The van der Waals surface area contributed by atoms with E-state index in [9.17, 15) is 4.79 Å². The van der Waals surface area contributed by atoms with Gasteiger partial charge in [0, 0.05) is 5.57 Å². The fraction of sp³-hybridized carbons (Fsp3) is 0.267. The first kappa shape index (κ1) is 12.4. The normalized spacial score (nSPS) is 18.8. The summed E-state index contributed by atoms with van der Waals surface area (Å²) in [5.41, 5.74) is 2.11. The predicted molar refractivity (Wildman–Crippen MR) is 68.7 cm³/mol. The highest BCUT2D eigenvalue weighted by molar-refractivity contribution is 5.94. The smallest absolute Gasteiger partial charge is 0.341 e. The van der Waals surface area contributed by atoms with Crippen LogP contribution in [0.5, 0.6) is 0 Å².